The van der Waals surface area contributed by atoms with Gasteiger partial charge in [-0.25, -0.2) is 0 Å². The van der Waals surface area contributed by atoms with Crippen LogP contribution in [0.25, 0.3) is 10.9 Å². The first-order chi connectivity index (χ1) is 8.91. The molecule has 0 unspecified atom stereocenters. The van der Waals surface area contributed by atoms with Gasteiger partial charge in [-0.2, -0.15) is 0 Å². The van der Waals surface area contributed by atoms with E-state index in [1.54, 1.807) is 6.07 Å². The number of aromatic amines is 1. The number of nitrogens with one attached hydrogen (secondary N) is 1. The highest BCUT2D eigenvalue weighted by molar-refractivity contribution is 6.34. The molecule has 0 aliphatic carbocycles. The topological polar surface area (TPSA) is 122 Å². The maximum absolute atomic E-state index is 11.1. The summed E-state index contributed by atoms with van der Waals surface area (Å²) in [7, 11) is 0. The van der Waals surface area contributed by atoms with Crippen molar-refractivity contribution in [3.05, 3.63) is 39.0 Å². The van der Waals surface area contributed by atoms with Crippen LogP contribution < -0.4 is 5.73 Å². The lowest BCUT2D eigenvalue weighted by Gasteiger charge is -2.05. The van der Waals surface area contributed by atoms with Gasteiger partial charge in [0.1, 0.15) is 11.1 Å². The maximum Gasteiger partial charge on any atom is 0.320 e. The number of hydrogen-bond acceptors (Lipinski definition) is 4. The summed E-state index contributed by atoms with van der Waals surface area (Å²) in [5, 5.41) is 20.2. The van der Waals surface area contributed by atoms with Crippen LogP contribution in [0.4, 0.5) is 5.69 Å². The molecule has 0 radical (unpaired) electrons. The van der Waals surface area contributed by atoms with Gasteiger partial charge in [0.15, 0.2) is 0 Å². The molecule has 0 amide bonds. The van der Waals surface area contributed by atoms with Crippen molar-refractivity contribution in [1.82, 2.24) is 4.98 Å². The van der Waals surface area contributed by atoms with Crippen LogP contribution in [0.1, 0.15) is 5.56 Å². The number of nitro groups is 1. The molecule has 1 aromatic carbocycles. The van der Waals surface area contributed by atoms with Crippen molar-refractivity contribution in [2.24, 2.45) is 5.73 Å². The molecule has 1 heterocycles. The molecule has 0 aliphatic heterocycles. The van der Waals surface area contributed by atoms with E-state index < -0.39 is 16.9 Å². The number of hydrogen-bond donors (Lipinski definition) is 3. The second-order valence-electron chi connectivity index (χ2n) is 4.04. The Hall–Kier alpha value is -2.12. The lowest BCUT2D eigenvalue weighted by atomic mass is 10.0. The predicted octanol–water partition coefficient (Wildman–Crippen LogP) is 1.68. The third-order valence-corrected chi connectivity index (χ3v) is 3.10. The molecule has 0 spiro atoms. The minimum absolute atomic E-state index is 0.00208. The zero-order valence-corrected chi connectivity index (χ0v) is 10.3. The van der Waals surface area contributed by atoms with Crippen LogP contribution in [-0.4, -0.2) is 27.0 Å². The highest BCUT2D eigenvalue weighted by Gasteiger charge is 2.23. The second kappa shape index (κ2) is 4.87. The number of nitrogens with zero attached hydrogens (tertiary/aromatic N) is 1. The number of aliphatic carboxylic acids is 1. The number of carbonyl (C=O) groups is 1. The molecule has 0 fully saturated rings. The summed E-state index contributed by atoms with van der Waals surface area (Å²) in [5.74, 6) is -1.17. The van der Waals surface area contributed by atoms with Gasteiger partial charge < -0.3 is 15.8 Å². The third kappa shape index (κ3) is 2.38. The molecule has 100 valence electrons. The summed E-state index contributed by atoms with van der Waals surface area (Å²) in [6, 6.07) is 1.89. The second-order valence-corrected chi connectivity index (χ2v) is 4.45. The highest BCUT2D eigenvalue weighted by Crippen LogP contribution is 2.35. The Morgan fingerprint density at radius 1 is 1.58 bits per heavy atom. The first-order valence-electron chi connectivity index (χ1n) is 5.33. The molecular formula is C11H10ClN3O4. The Kier molecular flexibility index (Phi) is 3.41. The van der Waals surface area contributed by atoms with Crippen molar-refractivity contribution in [1.29, 1.82) is 0 Å². The van der Waals surface area contributed by atoms with Crippen LogP contribution in [0.3, 0.4) is 0 Å². The van der Waals surface area contributed by atoms with Crippen molar-refractivity contribution in [3.63, 3.8) is 0 Å². The Balaban J connectivity index is 2.60. The van der Waals surface area contributed by atoms with Gasteiger partial charge in [-0.15, -0.1) is 0 Å². The Bertz CT molecular complexity index is 667. The normalized spacial score (nSPS) is 12.5. The Morgan fingerprint density at radius 2 is 2.26 bits per heavy atom. The number of rotatable bonds is 4. The van der Waals surface area contributed by atoms with Crippen LogP contribution in [0.5, 0.6) is 0 Å². The van der Waals surface area contributed by atoms with Crippen molar-refractivity contribution >= 4 is 34.2 Å². The van der Waals surface area contributed by atoms with E-state index in [1.165, 1.54) is 12.3 Å². The number of aromatic nitrogens is 1. The van der Waals surface area contributed by atoms with Crippen LogP contribution in [0, 0.1) is 10.1 Å². The predicted molar refractivity (Wildman–Crippen MR) is 69.3 cm³/mol. The summed E-state index contributed by atoms with van der Waals surface area (Å²) < 4.78 is 0. The zero-order chi connectivity index (χ0) is 14.2. The lowest BCUT2D eigenvalue weighted by molar-refractivity contribution is -0.382. The average Bonchev–Trinajstić information content (AvgIpc) is 2.71. The molecule has 8 heteroatoms. The molecule has 19 heavy (non-hydrogen) atoms. The van der Waals surface area contributed by atoms with Crippen LogP contribution in [0.2, 0.25) is 5.02 Å². The van der Waals surface area contributed by atoms with E-state index in [9.17, 15) is 14.9 Å². The fourth-order valence-electron chi connectivity index (χ4n) is 1.91. The summed E-state index contributed by atoms with van der Waals surface area (Å²) in [6.07, 6.45) is 1.49. The van der Waals surface area contributed by atoms with Gasteiger partial charge in [-0.1, -0.05) is 11.6 Å². The summed E-state index contributed by atoms with van der Waals surface area (Å²) in [6.45, 7) is 0. The van der Waals surface area contributed by atoms with E-state index in [2.05, 4.69) is 4.98 Å². The number of halogens is 1. The largest absolute Gasteiger partial charge is 0.480 e. The molecule has 1 aromatic heterocycles. The zero-order valence-electron chi connectivity index (χ0n) is 9.59. The number of carboxylic acid groups (broad SMARTS) is 1. The summed E-state index contributed by atoms with van der Waals surface area (Å²) in [5.41, 5.74) is 6.18. The van der Waals surface area contributed by atoms with Gasteiger partial charge in [-0.3, -0.25) is 14.9 Å². The van der Waals surface area contributed by atoms with Crippen LogP contribution in [-0.2, 0) is 11.2 Å². The Morgan fingerprint density at radius 3 is 2.84 bits per heavy atom. The van der Waals surface area contributed by atoms with E-state index in [0.717, 1.165) is 0 Å². The van der Waals surface area contributed by atoms with E-state index in [-0.39, 0.29) is 17.1 Å². The van der Waals surface area contributed by atoms with Gasteiger partial charge in [0, 0.05) is 12.6 Å². The highest BCUT2D eigenvalue weighted by atomic mass is 35.5. The molecule has 2 aromatic rings. The number of H-pyrrole nitrogens is 1. The van der Waals surface area contributed by atoms with Crippen LogP contribution >= 0.6 is 11.6 Å². The smallest absolute Gasteiger partial charge is 0.320 e. The molecule has 2 rings (SSSR count). The molecule has 4 N–H and O–H groups in total. The number of fused-ring (bicyclic) bond motifs is 1. The van der Waals surface area contributed by atoms with E-state index >= 15 is 0 Å². The van der Waals surface area contributed by atoms with Crippen molar-refractivity contribution in [3.8, 4) is 0 Å². The lowest BCUT2D eigenvalue weighted by Crippen LogP contribution is -2.32. The van der Waals surface area contributed by atoms with Gasteiger partial charge in [0.05, 0.1) is 15.8 Å². The van der Waals surface area contributed by atoms with E-state index in [4.69, 9.17) is 22.4 Å². The average molecular weight is 284 g/mol. The number of carboxylic acids is 1. The maximum atomic E-state index is 11.1. The minimum Gasteiger partial charge on any atom is -0.480 e. The Labute approximate surface area is 112 Å². The molecule has 7 nitrogen and oxygen atoms in total. The molecule has 0 bridgehead atoms. The number of nitrogens with two attached hydrogens (primary N) is 1. The molecule has 0 saturated carbocycles. The monoisotopic (exact) mass is 283 g/mol. The number of benzene rings is 1. The van der Waals surface area contributed by atoms with Gasteiger partial charge in [0.25, 0.3) is 5.69 Å². The van der Waals surface area contributed by atoms with Crippen LogP contribution in [0.15, 0.2) is 18.3 Å². The molecular weight excluding hydrogens is 274 g/mol. The SMILES string of the molecule is N[C@@H](Cc1c[nH]c2ccc(Cl)c([N+](=O)[O-])c12)C(=O)O. The number of nitro benzene ring substituents is 1. The standard InChI is InChI=1S/C11H10ClN3O4/c12-6-1-2-8-9(10(6)15(18)19)5(4-14-8)3-7(13)11(16)17/h1-2,4,7,14H,3,13H2,(H,16,17)/t7-/m0/s1. The first-order valence-corrected chi connectivity index (χ1v) is 5.71. The molecule has 1 atom stereocenters. The van der Waals surface area contributed by atoms with Gasteiger partial charge in [-0.05, 0) is 17.7 Å². The quantitative estimate of drug-likeness (QED) is 0.582. The van der Waals surface area contributed by atoms with Gasteiger partial charge in [0.2, 0.25) is 0 Å². The fourth-order valence-corrected chi connectivity index (χ4v) is 2.14. The van der Waals surface area contributed by atoms with Crippen molar-refractivity contribution < 1.29 is 14.8 Å². The van der Waals surface area contributed by atoms with Crippen molar-refractivity contribution in [2.75, 3.05) is 0 Å². The summed E-state index contributed by atoms with van der Waals surface area (Å²) in [4.78, 5) is 24.1. The first kappa shape index (κ1) is 13.3. The van der Waals surface area contributed by atoms with E-state index in [0.29, 0.717) is 16.5 Å². The van der Waals surface area contributed by atoms with Crippen molar-refractivity contribution in [2.45, 2.75) is 12.5 Å². The summed E-state index contributed by atoms with van der Waals surface area (Å²) >= 11 is 5.82. The molecule has 0 aliphatic rings. The van der Waals surface area contributed by atoms with Gasteiger partial charge >= 0.3 is 5.97 Å². The minimum atomic E-state index is -1.17. The fraction of sp³-hybridized carbons (Fsp3) is 0.182. The third-order valence-electron chi connectivity index (χ3n) is 2.79. The van der Waals surface area contributed by atoms with E-state index in [1.807, 2.05) is 0 Å². The molecule has 0 saturated heterocycles.